The standard InChI is InChI=1S/C20H21F3N2O3.C2H6/c1-26-15-9-7-14(8-10-15)13-28-19-16-5-3-6-17(27-2)18(16)25(24-19)12-4-11-20(21,22)23;1-2/h3,5-10H,4,11-13H2,1-2H3;1-2H3. The Morgan fingerprint density at radius 2 is 1.67 bits per heavy atom. The number of ether oxygens (including phenoxy) is 3. The van der Waals surface area contributed by atoms with Crippen LogP contribution in [0.4, 0.5) is 13.2 Å². The summed E-state index contributed by atoms with van der Waals surface area (Å²) in [6, 6.07) is 12.8. The van der Waals surface area contributed by atoms with Crippen molar-refractivity contribution in [1.82, 2.24) is 9.78 Å². The summed E-state index contributed by atoms with van der Waals surface area (Å²) in [6.45, 7) is 4.39. The number of benzene rings is 2. The number of alkyl halides is 3. The minimum Gasteiger partial charge on any atom is -0.497 e. The second kappa shape index (κ2) is 10.8. The zero-order valence-electron chi connectivity index (χ0n) is 17.6. The van der Waals surface area contributed by atoms with Gasteiger partial charge in [-0.15, -0.1) is 5.10 Å². The molecular formula is C22H27F3N2O3. The van der Waals surface area contributed by atoms with Gasteiger partial charge in [-0.05, 0) is 36.2 Å². The Hall–Kier alpha value is -2.90. The summed E-state index contributed by atoms with van der Waals surface area (Å²) in [5.41, 5.74) is 1.54. The summed E-state index contributed by atoms with van der Waals surface area (Å²) < 4.78 is 55.4. The Morgan fingerprint density at radius 1 is 0.967 bits per heavy atom. The van der Waals surface area contributed by atoms with Crippen LogP contribution in [0.5, 0.6) is 17.4 Å². The summed E-state index contributed by atoms with van der Waals surface area (Å²) in [4.78, 5) is 0. The second-order valence-electron chi connectivity index (χ2n) is 6.24. The van der Waals surface area contributed by atoms with Crippen molar-refractivity contribution in [1.29, 1.82) is 0 Å². The lowest BCUT2D eigenvalue weighted by Crippen LogP contribution is -2.10. The van der Waals surface area contributed by atoms with Gasteiger partial charge in [0.15, 0.2) is 0 Å². The lowest BCUT2D eigenvalue weighted by atomic mass is 10.2. The summed E-state index contributed by atoms with van der Waals surface area (Å²) in [5.74, 6) is 1.64. The first-order valence-electron chi connectivity index (χ1n) is 9.77. The Bertz CT molecular complexity index is 922. The van der Waals surface area contributed by atoms with E-state index in [2.05, 4.69) is 5.10 Å². The van der Waals surface area contributed by atoms with Gasteiger partial charge in [0, 0.05) is 13.0 Å². The zero-order valence-corrected chi connectivity index (χ0v) is 17.6. The quantitative estimate of drug-likeness (QED) is 0.445. The molecule has 0 amide bonds. The number of hydrogen-bond donors (Lipinski definition) is 0. The molecule has 0 aliphatic carbocycles. The predicted molar refractivity (Wildman–Crippen MR) is 110 cm³/mol. The van der Waals surface area contributed by atoms with Crippen molar-refractivity contribution in [3.8, 4) is 17.4 Å². The lowest BCUT2D eigenvalue weighted by Gasteiger charge is -2.08. The number of aromatic nitrogens is 2. The van der Waals surface area contributed by atoms with Gasteiger partial charge in [-0.2, -0.15) is 13.2 Å². The molecule has 0 aliphatic rings. The van der Waals surface area contributed by atoms with E-state index >= 15 is 0 Å². The molecule has 164 valence electrons. The van der Waals surface area contributed by atoms with Gasteiger partial charge < -0.3 is 14.2 Å². The van der Waals surface area contributed by atoms with Crippen LogP contribution in [-0.4, -0.2) is 30.2 Å². The first-order chi connectivity index (χ1) is 14.4. The van der Waals surface area contributed by atoms with Gasteiger partial charge in [0.1, 0.15) is 23.6 Å². The highest BCUT2D eigenvalue weighted by atomic mass is 19.4. The maximum atomic E-state index is 12.5. The van der Waals surface area contributed by atoms with Gasteiger partial charge >= 0.3 is 6.18 Å². The molecule has 1 aromatic heterocycles. The highest BCUT2D eigenvalue weighted by molar-refractivity contribution is 5.89. The molecule has 1 heterocycles. The van der Waals surface area contributed by atoms with Crippen LogP contribution in [0.2, 0.25) is 0 Å². The number of aryl methyl sites for hydroxylation is 1. The first-order valence-corrected chi connectivity index (χ1v) is 9.77. The van der Waals surface area contributed by atoms with Crippen molar-refractivity contribution in [2.45, 2.75) is 46.0 Å². The molecule has 0 unspecified atom stereocenters. The minimum atomic E-state index is -4.19. The highest BCUT2D eigenvalue weighted by Crippen LogP contribution is 2.33. The fourth-order valence-electron chi connectivity index (χ4n) is 2.91. The van der Waals surface area contributed by atoms with Crippen LogP contribution in [-0.2, 0) is 13.2 Å². The van der Waals surface area contributed by atoms with Crippen LogP contribution < -0.4 is 14.2 Å². The summed E-state index contributed by atoms with van der Waals surface area (Å²) in [5, 5.41) is 5.08. The largest absolute Gasteiger partial charge is 0.497 e. The Balaban J connectivity index is 0.00000155. The molecule has 2 aromatic carbocycles. The number of methoxy groups -OCH3 is 2. The van der Waals surface area contributed by atoms with E-state index in [1.807, 2.05) is 44.2 Å². The zero-order chi connectivity index (χ0) is 22.1. The number of rotatable bonds is 8. The molecule has 30 heavy (non-hydrogen) atoms. The lowest BCUT2D eigenvalue weighted by molar-refractivity contribution is -0.135. The maximum Gasteiger partial charge on any atom is 0.389 e. The molecule has 0 bridgehead atoms. The fourth-order valence-corrected chi connectivity index (χ4v) is 2.91. The molecule has 0 aliphatic heterocycles. The van der Waals surface area contributed by atoms with Crippen molar-refractivity contribution >= 4 is 10.9 Å². The van der Waals surface area contributed by atoms with E-state index in [9.17, 15) is 13.2 Å². The monoisotopic (exact) mass is 424 g/mol. The molecule has 8 heteroatoms. The van der Waals surface area contributed by atoms with E-state index in [0.717, 1.165) is 11.3 Å². The van der Waals surface area contributed by atoms with Gasteiger partial charge in [-0.25, -0.2) is 0 Å². The van der Waals surface area contributed by atoms with Crippen LogP contribution >= 0.6 is 0 Å². The number of hydrogen-bond acceptors (Lipinski definition) is 4. The molecule has 0 spiro atoms. The Labute approximate surface area is 174 Å². The van der Waals surface area contributed by atoms with Crippen LogP contribution in [0, 0.1) is 0 Å². The van der Waals surface area contributed by atoms with Crippen LogP contribution in [0.1, 0.15) is 32.3 Å². The van der Waals surface area contributed by atoms with Crippen molar-refractivity contribution in [2.24, 2.45) is 0 Å². The first kappa shape index (κ1) is 23.4. The van der Waals surface area contributed by atoms with Gasteiger partial charge in [0.2, 0.25) is 5.88 Å². The van der Waals surface area contributed by atoms with Gasteiger partial charge in [-0.1, -0.05) is 32.0 Å². The molecule has 3 rings (SSSR count). The maximum absolute atomic E-state index is 12.5. The van der Waals surface area contributed by atoms with Crippen molar-refractivity contribution in [3.63, 3.8) is 0 Å². The van der Waals surface area contributed by atoms with E-state index in [4.69, 9.17) is 14.2 Å². The number of para-hydroxylation sites is 1. The topological polar surface area (TPSA) is 45.5 Å². The molecule has 3 aromatic rings. The summed E-state index contributed by atoms with van der Waals surface area (Å²) in [6.07, 6.45) is -5.14. The molecule has 0 fully saturated rings. The third-order valence-corrected chi connectivity index (χ3v) is 4.28. The van der Waals surface area contributed by atoms with Crippen molar-refractivity contribution in [3.05, 3.63) is 48.0 Å². The number of nitrogens with zero attached hydrogens (tertiary/aromatic N) is 2. The van der Waals surface area contributed by atoms with E-state index in [1.54, 1.807) is 19.2 Å². The summed E-state index contributed by atoms with van der Waals surface area (Å²) >= 11 is 0. The van der Waals surface area contributed by atoms with E-state index in [-0.39, 0.29) is 19.6 Å². The average molecular weight is 424 g/mol. The van der Waals surface area contributed by atoms with E-state index < -0.39 is 12.6 Å². The third kappa shape index (κ3) is 6.05. The van der Waals surface area contributed by atoms with E-state index in [1.165, 1.54) is 11.8 Å². The van der Waals surface area contributed by atoms with Crippen LogP contribution in [0.15, 0.2) is 42.5 Å². The second-order valence-corrected chi connectivity index (χ2v) is 6.24. The Morgan fingerprint density at radius 3 is 2.27 bits per heavy atom. The fraction of sp³-hybridized carbons (Fsp3) is 0.409. The molecule has 0 saturated heterocycles. The summed E-state index contributed by atoms with van der Waals surface area (Å²) in [7, 11) is 3.11. The number of halogens is 3. The Kier molecular flexibility index (Phi) is 8.38. The number of fused-ring (bicyclic) bond motifs is 1. The van der Waals surface area contributed by atoms with Crippen molar-refractivity contribution in [2.75, 3.05) is 14.2 Å². The molecule has 0 saturated carbocycles. The van der Waals surface area contributed by atoms with Gasteiger partial charge in [-0.3, -0.25) is 4.68 Å². The third-order valence-electron chi connectivity index (χ3n) is 4.28. The molecule has 5 nitrogen and oxygen atoms in total. The smallest absolute Gasteiger partial charge is 0.389 e. The van der Waals surface area contributed by atoms with Crippen LogP contribution in [0.25, 0.3) is 10.9 Å². The minimum absolute atomic E-state index is 0.0732. The highest BCUT2D eigenvalue weighted by Gasteiger charge is 2.26. The molecule has 0 N–H and O–H groups in total. The van der Waals surface area contributed by atoms with E-state index in [0.29, 0.717) is 22.5 Å². The molecular weight excluding hydrogens is 397 g/mol. The average Bonchev–Trinajstić information content (AvgIpc) is 3.11. The van der Waals surface area contributed by atoms with Gasteiger partial charge in [0.05, 0.1) is 19.6 Å². The predicted octanol–water partition coefficient (Wildman–Crippen LogP) is 6.00. The molecule has 0 atom stereocenters. The van der Waals surface area contributed by atoms with Crippen LogP contribution in [0.3, 0.4) is 0 Å². The normalized spacial score (nSPS) is 11.0. The molecule has 0 radical (unpaired) electrons. The van der Waals surface area contributed by atoms with Gasteiger partial charge in [0.25, 0.3) is 0 Å². The van der Waals surface area contributed by atoms with Crippen molar-refractivity contribution < 1.29 is 27.4 Å². The SMILES string of the molecule is CC.COc1ccc(COc2nn(CCCC(F)(F)F)c3c(OC)cccc23)cc1.